The number of hydrogen-bond acceptors (Lipinski definition) is 4. The lowest BCUT2D eigenvalue weighted by atomic mass is 10.1. The Morgan fingerprint density at radius 2 is 1.74 bits per heavy atom. The lowest BCUT2D eigenvalue weighted by Gasteiger charge is -2.19. The van der Waals surface area contributed by atoms with Crippen LogP contribution in [0.25, 0.3) is 16.7 Å². The molecule has 0 atom stereocenters. The zero-order valence-electron chi connectivity index (χ0n) is 19.1. The van der Waals surface area contributed by atoms with E-state index in [4.69, 9.17) is 11.6 Å². The van der Waals surface area contributed by atoms with Crippen molar-refractivity contribution in [3.63, 3.8) is 0 Å². The number of nitrogens with one attached hydrogen (secondary N) is 2. The molecule has 0 aliphatic heterocycles. The highest BCUT2D eigenvalue weighted by Gasteiger charge is 2.19. The number of para-hydroxylation sites is 2. The van der Waals surface area contributed by atoms with Crippen LogP contribution < -0.4 is 16.1 Å². The maximum atomic E-state index is 13.2. The number of aromatic nitrogens is 2. The molecule has 7 heteroatoms. The highest BCUT2D eigenvalue weighted by molar-refractivity contribution is 6.33. The molecule has 4 rings (SSSR count). The first kappa shape index (κ1) is 23.7. The summed E-state index contributed by atoms with van der Waals surface area (Å²) in [6, 6.07) is 19.5. The molecular formula is C28H23ClN4O2. The van der Waals surface area contributed by atoms with Gasteiger partial charge in [0.1, 0.15) is 11.5 Å². The highest BCUT2D eigenvalue weighted by Crippen LogP contribution is 2.26. The van der Waals surface area contributed by atoms with Crippen molar-refractivity contribution in [3.8, 4) is 5.69 Å². The Morgan fingerprint density at radius 3 is 2.43 bits per heavy atom. The summed E-state index contributed by atoms with van der Waals surface area (Å²) in [7, 11) is 0. The van der Waals surface area contributed by atoms with Gasteiger partial charge in [-0.15, -0.1) is 0 Å². The molecule has 0 saturated carbocycles. The van der Waals surface area contributed by atoms with Crippen molar-refractivity contribution in [2.75, 3.05) is 10.6 Å². The lowest BCUT2D eigenvalue weighted by molar-refractivity contribution is 0.102. The molecule has 6 nitrogen and oxygen atoms in total. The van der Waals surface area contributed by atoms with Crippen LogP contribution in [0.5, 0.6) is 0 Å². The molecule has 174 valence electrons. The average molecular weight is 483 g/mol. The average Bonchev–Trinajstić information content (AvgIpc) is 2.85. The van der Waals surface area contributed by atoms with E-state index in [1.54, 1.807) is 60.1 Å². The maximum absolute atomic E-state index is 13.2. The minimum atomic E-state index is -0.438. The highest BCUT2D eigenvalue weighted by atomic mass is 35.5. The third-order valence-corrected chi connectivity index (χ3v) is 5.65. The summed E-state index contributed by atoms with van der Waals surface area (Å²) in [6.45, 7) is 9.32. The second-order valence-electron chi connectivity index (χ2n) is 7.71. The van der Waals surface area contributed by atoms with E-state index in [1.165, 1.54) is 6.07 Å². The largest absolute Gasteiger partial charge is 0.341 e. The first-order chi connectivity index (χ1) is 16.9. The summed E-state index contributed by atoms with van der Waals surface area (Å²) < 4.78 is 1.80. The van der Waals surface area contributed by atoms with Crippen molar-refractivity contribution in [1.29, 1.82) is 0 Å². The van der Waals surface area contributed by atoms with Crippen LogP contribution in [0.4, 0.5) is 11.5 Å². The van der Waals surface area contributed by atoms with E-state index in [-0.39, 0.29) is 11.1 Å². The van der Waals surface area contributed by atoms with Gasteiger partial charge in [0, 0.05) is 17.5 Å². The molecule has 0 aliphatic carbocycles. The number of fused-ring (bicyclic) bond motifs is 1. The number of anilines is 2. The second kappa shape index (κ2) is 10.2. The van der Waals surface area contributed by atoms with Gasteiger partial charge in [-0.25, -0.2) is 4.98 Å². The normalized spacial score (nSPS) is 11.2. The van der Waals surface area contributed by atoms with E-state index in [0.717, 1.165) is 5.69 Å². The van der Waals surface area contributed by atoms with Gasteiger partial charge in [0.2, 0.25) is 0 Å². The minimum absolute atomic E-state index is 0.154. The molecule has 0 bridgehead atoms. The van der Waals surface area contributed by atoms with Crippen LogP contribution in [-0.4, -0.2) is 15.5 Å². The lowest BCUT2D eigenvalue weighted by Crippen LogP contribution is -2.19. The molecule has 2 aromatic heterocycles. The van der Waals surface area contributed by atoms with Crippen LogP contribution in [-0.2, 0) is 0 Å². The fourth-order valence-corrected chi connectivity index (χ4v) is 3.91. The molecule has 0 saturated heterocycles. The Balaban J connectivity index is 1.95. The van der Waals surface area contributed by atoms with Gasteiger partial charge < -0.3 is 10.6 Å². The quantitative estimate of drug-likeness (QED) is 0.304. The van der Waals surface area contributed by atoms with Gasteiger partial charge in [-0.05, 0) is 55.0 Å². The van der Waals surface area contributed by atoms with Crippen LogP contribution in [0.1, 0.15) is 16.1 Å². The number of carbonyl (C=O) groups is 1. The zero-order chi connectivity index (χ0) is 24.9. The molecule has 2 heterocycles. The summed E-state index contributed by atoms with van der Waals surface area (Å²) in [4.78, 5) is 30.9. The SMILES string of the molecule is C=C/C=C(\C=C)Nc1cc(=O)c2c(C)cc(C(=O)Nc3ccccc3Cl)nc2n1-c1ccccc1. The Bertz CT molecular complexity index is 1540. The van der Waals surface area contributed by atoms with Crippen molar-refractivity contribution in [2.24, 2.45) is 0 Å². The van der Waals surface area contributed by atoms with Crippen LogP contribution >= 0.6 is 11.6 Å². The van der Waals surface area contributed by atoms with Gasteiger partial charge >= 0.3 is 0 Å². The topological polar surface area (TPSA) is 76.0 Å². The van der Waals surface area contributed by atoms with E-state index in [2.05, 4.69) is 28.8 Å². The molecule has 35 heavy (non-hydrogen) atoms. The number of pyridine rings is 2. The van der Waals surface area contributed by atoms with E-state index < -0.39 is 5.91 Å². The second-order valence-corrected chi connectivity index (χ2v) is 8.12. The summed E-state index contributed by atoms with van der Waals surface area (Å²) >= 11 is 6.21. The number of carbonyl (C=O) groups excluding carboxylic acids is 1. The van der Waals surface area contributed by atoms with Gasteiger partial charge in [-0.2, -0.15) is 0 Å². The molecule has 0 aliphatic rings. The number of rotatable bonds is 7. The molecule has 4 aromatic rings. The number of benzene rings is 2. The first-order valence-electron chi connectivity index (χ1n) is 10.8. The van der Waals surface area contributed by atoms with Gasteiger partial charge in [0.25, 0.3) is 5.91 Å². The van der Waals surface area contributed by atoms with E-state index in [1.807, 2.05) is 30.3 Å². The molecule has 2 aromatic carbocycles. The molecule has 0 fully saturated rings. The van der Waals surface area contributed by atoms with Crippen molar-refractivity contribution < 1.29 is 4.79 Å². The zero-order valence-corrected chi connectivity index (χ0v) is 19.8. The van der Waals surface area contributed by atoms with Crippen molar-refractivity contribution in [3.05, 3.63) is 130 Å². The van der Waals surface area contributed by atoms with E-state index in [0.29, 0.717) is 38.8 Å². The first-order valence-corrected chi connectivity index (χ1v) is 11.2. The monoisotopic (exact) mass is 482 g/mol. The van der Waals surface area contributed by atoms with Gasteiger partial charge in [0.15, 0.2) is 11.1 Å². The minimum Gasteiger partial charge on any atom is -0.341 e. The number of nitrogens with zero attached hydrogens (tertiary/aromatic N) is 2. The molecule has 0 radical (unpaired) electrons. The third-order valence-electron chi connectivity index (χ3n) is 5.32. The molecular weight excluding hydrogens is 460 g/mol. The number of hydrogen-bond donors (Lipinski definition) is 2. The van der Waals surface area contributed by atoms with Gasteiger partial charge in [-0.3, -0.25) is 14.2 Å². The third kappa shape index (κ3) is 4.93. The molecule has 2 N–H and O–H groups in total. The van der Waals surface area contributed by atoms with Crippen LogP contribution in [0.2, 0.25) is 5.02 Å². The fraction of sp³-hybridized carbons (Fsp3) is 0.0357. The smallest absolute Gasteiger partial charge is 0.274 e. The van der Waals surface area contributed by atoms with Gasteiger partial charge in [-0.1, -0.05) is 61.2 Å². The summed E-state index contributed by atoms with van der Waals surface area (Å²) in [5.74, 6) is 0.0316. The number of allylic oxidation sites excluding steroid dienone is 3. The predicted molar refractivity (Wildman–Crippen MR) is 144 cm³/mol. The van der Waals surface area contributed by atoms with Crippen LogP contribution in [0, 0.1) is 6.92 Å². The summed E-state index contributed by atoms with van der Waals surface area (Å²) in [5, 5.41) is 6.85. The predicted octanol–water partition coefficient (Wildman–Crippen LogP) is 6.27. The summed E-state index contributed by atoms with van der Waals surface area (Å²) in [6.07, 6.45) is 4.98. The Hall–Kier alpha value is -4.42. The number of halogens is 1. The number of amides is 1. The molecule has 0 spiro atoms. The summed E-state index contributed by atoms with van der Waals surface area (Å²) in [5.41, 5.74) is 2.79. The fourth-order valence-electron chi connectivity index (χ4n) is 3.73. The molecule has 0 unspecified atom stereocenters. The Labute approximate surface area is 207 Å². The van der Waals surface area contributed by atoms with E-state index >= 15 is 0 Å². The Morgan fingerprint density at radius 1 is 1.03 bits per heavy atom. The molecule has 1 amide bonds. The van der Waals surface area contributed by atoms with Gasteiger partial charge in [0.05, 0.1) is 16.1 Å². The number of aryl methyl sites for hydroxylation is 1. The Kier molecular flexibility index (Phi) is 6.94. The van der Waals surface area contributed by atoms with Crippen LogP contribution in [0.3, 0.4) is 0 Å². The van der Waals surface area contributed by atoms with Crippen molar-refractivity contribution >= 4 is 40.0 Å². The van der Waals surface area contributed by atoms with E-state index in [9.17, 15) is 9.59 Å². The van der Waals surface area contributed by atoms with Crippen molar-refractivity contribution in [2.45, 2.75) is 6.92 Å². The standard InChI is InChI=1S/C28H23ClN4O2/c1-4-11-19(5-2)30-25-17-24(34)26-18(3)16-23(28(35)32-22-15-10-9-14-21(22)29)31-27(26)33(25)20-12-7-6-8-13-20/h4-17,30H,1-2H2,3H3,(H,32,35)/b19-11+. The maximum Gasteiger partial charge on any atom is 0.274 e. The van der Waals surface area contributed by atoms with Crippen molar-refractivity contribution in [1.82, 2.24) is 9.55 Å². The van der Waals surface area contributed by atoms with Crippen LogP contribution in [0.15, 0.2) is 109 Å².